The molecule has 0 bridgehead atoms. The first kappa shape index (κ1) is 24.6. The Kier molecular flexibility index (Phi) is 7.08. The van der Waals surface area contributed by atoms with Gasteiger partial charge in [0.25, 0.3) is 5.91 Å². The Balaban J connectivity index is 1.22. The molecule has 0 spiro atoms. The maximum absolute atomic E-state index is 14.5. The highest BCUT2D eigenvalue weighted by molar-refractivity contribution is 5.94. The van der Waals surface area contributed by atoms with Gasteiger partial charge in [0.2, 0.25) is 11.8 Å². The molecule has 12 heteroatoms. The van der Waals surface area contributed by atoms with Crippen LogP contribution in [0.1, 0.15) is 16.2 Å². The van der Waals surface area contributed by atoms with E-state index in [0.717, 1.165) is 43.8 Å². The van der Waals surface area contributed by atoms with E-state index in [-0.39, 0.29) is 24.1 Å². The van der Waals surface area contributed by atoms with Gasteiger partial charge in [-0.1, -0.05) is 17.2 Å². The molecular formula is C26H24FN9O2. The van der Waals surface area contributed by atoms with Gasteiger partial charge in [0, 0.05) is 55.6 Å². The van der Waals surface area contributed by atoms with Crippen LogP contribution < -0.4 is 20.4 Å². The molecule has 2 aromatic heterocycles. The van der Waals surface area contributed by atoms with E-state index in [2.05, 4.69) is 40.6 Å². The minimum absolute atomic E-state index is 0.0884. The van der Waals surface area contributed by atoms with Gasteiger partial charge in [0.05, 0.1) is 12.3 Å². The monoisotopic (exact) mass is 513 g/mol. The van der Waals surface area contributed by atoms with Crippen molar-refractivity contribution in [2.75, 3.05) is 47.8 Å². The summed E-state index contributed by atoms with van der Waals surface area (Å²) in [5.41, 5.74) is 2.81. The predicted molar refractivity (Wildman–Crippen MR) is 139 cm³/mol. The Morgan fingerprint density at radius 3 is 2.42 bits per heavy atom. The number of hydrogen-bond donors (Lipinski definition) is 2. The molecule has 192 valence electrons. The van der Waals surface area contributed by atoms with Crippen molar-refractivity contribution in [3.8, 4) is 17.3 Å². The quantitative estimate of drug-likeness (QED) is 0.354. The number of nitriles is 1. The van der Waals surface area contributed by atoms with Gasteiger partial charge in [0.1, 0.15) is 12.2 Å². The molecule has 1 fully saturated rings. The van der Waals surface area contributed by atoms with Crippen molar-refractivity contribution in [2.24, 2.45) is 0 Å². The Morgan fingerprint density at radius 2 is 1.76 bits per heavy atom. The summed E-state index contributed by atoms with van der Waals surface area (Å²) in [5.74, 6) is -0.162. The molecule has 1 aliphatic rings. The van der Waals surface area contributed by atoms with Gasteiger partial charge in [-0.25, -0.2) is 14.4 Å². The van der Waals surface area contributed by atoms with E-state index >= 15 is 0 Å². The Labute approximate surface area is 217 Å². The van der Waals surface area contributed by atoms with Crippen molar-refractivity contribution in [2.45, 2.75) is 6.92 Å². The molecule has 1 amide bonds. The van der Waals surface area contributed by atoms with Crippen molar-refractivity contribution in [1.82, 2.24) is 25.5 Å². The molecule has 3 heterocycles. The average Bonchev–Trinajstić information content (AvgIpc) is 3.39. The van der Waals surface area contributed by atoms with E-state index in [4.69, 9.17) is 9.68 Å². The molecular weight excluding hydrogens is 489 g/mol. The molecule has 0 radical (unpaired) electrons. The lowest BCUT2D eigenvalue weighted by atomic mass is 10.1. The van der Waals surface area contributed by atoms with Gasteiger partial charge < -0.3 is 24.9 Å². The van der Waals surface area contributed by atoms with Crippen LogP contribution in [0, 0.1) is 24.1 Å². The molecule has 0 aliphatic carbocycles. The number of carbonyl (C=O) groups excluding carboxylic acids is 1. The Bertz CT molecular complexity index is 1460. The highest BCUT2D eigenvalue weighted by Gasteiger charge is 2.21. The van der Waals surface area contributed by atoms with Gasteiger partial charge in [-0.3, -0.25) is 4.79 Å². The lowest BCUT2D eigenvalue weighted by Gasteiger charge is -2.35. The van der Waals surface area contributed by atoms with Gasteiger partial charge in [-0.15, -0.1) is 5.10 Å². The van der Waals surface area contributed by atoms with Crippen molar-refractivity contribution in [1.29, 1.82) is 5.26 Å². The summed E-state index contributed by atoms with van der Waals surface area (Å²) in [6, 6.07) is 16.6. The molecule has 1 aliphatic heterocycles. The zero-order chi connectivity index (χ0) is 26.5. The maximum atomic E-state index is 14.5. The van der Waals surface area contributed by atoms with E-state index < -0.39 is 5.82 Å². The van der Waals surface area contributed by atoms with E-state index in [1.807, 2.05) is 30.3 Å². The first-order chi connectivity index (χ1) is 18.5. The van der Waals surface area contributed by atoms with Crippen LogP contribution in [0.4, 0.5) is 27.7 Å². The van der Waals surface area contributed by atoms with Crippen LogP contribution in [-0.2, 0) is 0 Å². The van der Waals surface area contributed by atoms with Crippen LogP contribution in [0.15, 0.2) is 59.1 Å². The van der Waals surface area contributed by atoms with Crippen LogP contribution in [0.2, 0.25) is 0 Å². The van der Waals surface area contributed by atoms with E-state index in [1.165, 1.54) is 0 Å². The number of amides is 1. The molecule has 1 saturated heterocycles. The number of aromatic nitrogens is 4. The Morgan fingerprint density at radius 1 is 1.05 bits per heavy atom. The molecule has 38 heavy (non-hydrogen) atoms. The third kappa shape index (κ3) is 5.52. The lowest BCUT2D eigenvalue weighted by Crippen LogP contribution is -2.46. The topological polar surface area (TPSA) is 136 Å². The first-order valence-electron chi connectivity index (χ1n) is 12.0. The second-order valence-electron chi connectivity index (χ2n) is 8.56. The fourth-order valence-corrected chi connectivity index (χ4v) is 4.09. The number of rotatable bonds is 7. The second-order valence-corrected chi connectivity index (χ2v) is 8.56. The van der Waals surface area contributed by atoms with Crippen LogP contribution in [0.25, 0.3) is 11.3 Å². The van der Waals surface area contributed by atoms with Crippen LogP contribution in [0.5, 0.6) is 0 Å². The highest BCUT2D eigenvalue weighted by atomic mass is 19.1. The zero-order valence-electron chi connectivity index (χ0n) is 20.6. The third-order valence-electron chi connectivity index (χ3n) is 6.05. The summed E-state index contributed by atoms with van der Waals surface area (Å²) in [6.07, 6.45) is 1.11. The summed E-state index contributed by atoms with van der Waals surface area (Å²) in [4.78, 5) is 24.7. The number of nitrogens with zero attached hydrogens (tertiary/aromatic N) is 7. The van der Waals surface area contributed by atoms with E-state index in [1.54, 1.807) is 31.2 Å². The van der Waals surface area contributed by atoms with Gasteiger partial charge in [-0.05, 0) is 36.4 Å². The van der Waals surface area contributed by atoms with Crippen molar-refractivity contribution < 1.29 is 13.6 Å². The lowest BCUT2D eigenvalue weighted by molar-refractivity contribution is 0.0958. The molecule has 5 rings (SSSR count). The van der Waals surface area contributed by atoms with Gasteiger partial charge in [-0.2, -0.15) is 5.26 Å². The second kappa shape index (κ2) is 10.9. The van der Waals surface area contributed by atoms with Gasteiger partial charge in [0.15, 0.2) is 5.82 Å². The zero-order valence-corrected chi connectivity index (χ0v) is 20.6. The minimum atomic E-state index is -0.581. The van der Waals surface area contributed by atoms with E-state index in [9.17, 15) is 9.18 Å². The van der Waals surface area contributed by atoms with Crippen molar-refractivity contribution in [3.05, 3.63) is 72.0 Å². The fraction of sp³-hybridized carbons (Fsp3) is 0.231. The number of piperazine rings is 1. The molecule has 4 aromatic rings. The molecule has 2 N–H and O–H groups in total. The molecule has 0 atom stereocenters. The molecule has 0 unspecified atom stereocenters. The molecule has 2 aromatic carbocycles. The minimum Gasteiger partial charge on any atom is -0.408 e. The summed E-state index contributed by atoms with van der Waals surface area (Å²) < 4.78 is 20.0. The van der Waals surface area contributed by atoms with Crippen LogP contribution >= 0.6 is 0 Å². The van der Waals surface area contributed by atoms with Gasteiger partial charge >= 0.3 is 6.01 Å². The molecule has 0 saturated carbocycles. The number of hydrogen-bond acceptors (Lipinski definition) is 10. The van der Waals surface area contributed by atoms with Crippen molar-refractivity contribution >= 4 is 29.2 Å². The van der Waals surface area contributed by atoms with Crippen LogP contribution in [-0.4, -0.2) is 58.8 Å². The number of halogens is 1. The number of nitrogens with one attached hydrogen (secondary N) is 2. The fourth-order valence-electron chi connectivity index (χ4n) is 4.09. The summed E-state index contributed by atoms with van der Waals surface area (Å²) in [5, 5.41) is 22.2. The maximum Gasteiger partial charge on any atom is 0.318 e. The Hall–Kier alpha value is -5.05. The summed E-state index contributed by atoms with van der Waals surface area (Å²) in [6.45, 7) is 4.88. The van der Waals surface area contributed by atoms with E-state index in [0.29, 0.717) is 23.0 Å². The van der Waals surface area contributed by atoms with Crippen LogP contribution in [0.3, 0.4) is 0 Å². The number of benzene rings is 2. The summed E-state index contributed by atoms with van der Waals surface area (Å²) >= 11 is 0. The van der Waals surface area contributed by atoms with Crippen molar-refractivity contribution in [3.63, 3.8) is 0 Å². The first-order valence-corrected chi connectivity index (χ1v) is 12.0. The number of aryl methyl sites for hydroxylation is 1. The largest absolute Gasteiger partial charge is 0.408 e. The molecule has 11 nitrogen and oxygen atoms in total. The summed E-state index contributed by atoms with van der Waals surface area (Å²) in [7, 11) is 0. The number of anilines is 4. The SMILES string of the molecule is Cc1nnc(N2CCN(c3ccc(Nc4ncc(F)c(-c5ccc(C(=O)NCC#N)cc5)n4)cc3)CC2)o1. The smallest absolute Gasteiger partial charge is 0.318 e. The normalized spacial score (nSPS) is 13.2. The highest BCUT2D eigenvalue weighted by Crippen LogP contribution is 2.25. The predicted octanol–water partition coefficient (Wildman–Crippen LogP) is 3.30. The third-order valence-corrected chi connectivity index (χ3v) is 6.05. The number of carbonyl (C=O) groups is 1. The standard InChI is InChI=1S/C26H24FN9O2/c1-17-33-34-26(38-17)36-14-12-35(13-15-36)21-8-6-20(7-9-21)31-25-30-16-22(27)23(32-25)18-2-4-19(5-3-18)24(37)29-11-10-28/h2-9,16H,11-15H2,1H3,(H,29,37)(H,30,31,32). The average molecular weight is 514 g/mol.